The molecular formula is C17H13F3N4O. The molecule has 3 rings (SSSR count). The summed E-state index contributed by atoms with van der Waals surface area (Å²) < 4.78 is 39.8. The summed E-state index contributed by atoms with van der Waals surface area (Å²) >= 11 is 0. The molecule has 0 fully saturated rings. The largest absolute Gasteiger partial charge is 0.416 e. The molecule has 5 nitrogen and oxygen atoms in total. The van der Waals surface area contributed by atoms with Gasteiger partial charge in [0.1, 0.15) is 12.1 Å². The van der Waals surface area contributed by atoms with Gasteiger partial charge in [0.15, 0.2) is 0 Å². The van der Waals surface area contributed by atoms with Crippen LogP contribution in [0.3, 0.4) is 0 Å². The third kappa shape index (κ3) is 4.03. The van der Waals surface area contributed by atoms with E-state index in [4.69, 9.17) is 0 Å². The SMILES string of the molecule is O=C(NCc1ccc(-n2ccnc2)nc1)c1cccc(C(F)(F)F)c1. The van der Waals surface area contributed by atoms with Gasteiger partial charge in [-0.25, -0.2) is 9.97 Å². The molecule has 8 heteroatoms. The lowest BCUT2D eigenvalue weighted by atomic mass is 10.1. The standard InChI is InChI=1S/C17H13F3N4O/c18-17(19,20)14-3-1-2-13(8-14)16(25)23-10-12-4-5-15(22-9-12)24-7-6-21-11-24/h1-9,11H,10H2,(H,23,25). The van der Waals surface area contributed by atoms with Gasteiger partial charge >= 0.3 is 6.18 Å². The van der Waals surface area contributed by atoms with Crippen molar-refractivity contribution in [3.8, 4) is 5.82 Å². The van der Waals surface area contributed by atoms with Gasteiger partial charge in [-0.3, -0.25) is 9.36 Å². The van der Waals surface area contributed by atoms with E-state index in [0.29, 0.717) is 5.82 Å². The van der Waals surface area contributed by atoms with E-state index in [2.05, 4.69) is 15.3 Å². The molecule has 0 saturated carbocycles. The summed E-state index contributed by atoms with van der Waals surface area (Å²) in [5.41, 5.74) is -0.173. The number of carbonyl (C=O) groups excluding carboxylic acids is 1. The number of amides is 1. The zero-order chi connectivity index (χ0) is 17.9. The number of imidazole rings is 1. The van der Waals surface area contributed by atoms with Crippen molar-refractivity contribution in [2.75, 3.05) is 0 Å². The summed E-state index contributed by atoms with van der Waals surface area (Å²) in [6.07, 6.45) is 2.09. The monoisotopic (exact) mass is 346 g/mol. The van der Waals surface area contributed by atoms with Crippen LogP contribution in [-0.4, -0.2) is 20.4 Å². The molecule has 3 aromatic rings. The van der Waals surface area contributed by atoms with Crippen LogP contribution in [0.25, 0.3) is 5.82 Å². The quantitative estimate of drug-likeness (QED) is 0.789. The highest BCUT2D eigenvalue weighted by Gasteiger charge is 2.30. The molecule has 0 aliphatic carbocycles. The average molecular weight is 346 g/mol. The van der Waals surface area contributed by atoms with Crippen LogP contribution < -0.4 is 5.32 Å². The number of carbonyl (C=O) groups is 1. The van der Waals surface area contributed by atoms with E-state index in [0.717, 1.165) is 17.7 Å². The van der Waals surface area contributed by atoms with Crippen molar-refractivity contribution in [3.05, 3.63) is 78.0 Å². The Kier molecular flexibility index (Phi) is 4.51. The number of hydrogen-bond donors (Lipinski definition) is 1. The van der Waals surface area contributed by atoms with Crippen molar-refractivity contribution in [1.82, 2.24) is 19.9 Å². The van der Waals surface area contributed by atoms with E-state index in [9.17, 15) is 18.0 Å². The third-order valence-electron chi connectivity index (χ3n) is 3.48. The molecule has 2 heterocycles. The van der Waals surface area contributed by atoms with E-state index >= 15 is 0 Å². The van der Waals surface area contributed by atoms with Crippen LogP contribution in [0.1, 0.15) is 21.5 Å². The minimum atomic E-state index is -4.48. The van der Waals surface area contributed by atoms with E-state index in [1.165, 1.54) is 12.1 Å². The van der Waals surface area contributed by atoms with Gasteiger partial charge in [0.05, 0.1) is 5.56 Å². The lowest BCUT2D eigenvalue weighted by Gasteiger charge is -2.09. The fourth-order valence-corrected chi connectivity index (χ4v) is 2.19. The van der Waals surface area contributed by atoms with Crippen LogP contribution in [0.15, 0.2) is 61.3 Å². The van der Waals surface area contributed by atoms with Gasteiger partial charge in [0.25, 0.3) is 5.91 Å². The van der Waals surface area contributed by atoms with Gasteiger partial charge in [-0.1, -0.05) is 12.1 Å². The zero-order valence-corrected chi connectivity index (χ0v) is 12.9. The van der Waals surface area contributed by atoms with E-state index in [-0.39, 0.29) is 12.1 Å². The van der Waals surface area contributed by atoms with Crippen LogP contribution in [0, 0.1) is 0 Å². The summed E-state index contributed by atoms with van der Waals surface area (Å²) in [7, 11) is 0. The van der Waals surface area contributed by atoms with Crippen molar-refractivity contribution in [1.29, 1.82) is 0 Å². The van der Waals surface area contributed by atoms with Crippen molar-refractivity contribution in [3.63, 3.8) is 0 Å². The highest BCUT2D eigenvalue weighted by atomic mass is 19.4. The Morgan fingerprint density at radius 1 is 1.20 bits per heavy atom. The van der Waals surface area contributed by atoms with Crippen molar-refractivity contribution in [2.45, 2.75) is 12.7 Å². The molecule has 0 bridgehead atoms. The molecule has 25 heavy (non-hydrogen) atoms. The Morgan fingerprint density at radius 3 is 2.68 bits per heavy atom. The van der Waals surface area contributed by atoms with Crippen molar-refractivity contribution >= 4 is 5.91 Å². The fourth-order valence-electron chi connectivity index (χ4n) is 2.19. The Balaban J connectivity index is 1.64. The smallest absolute Gasteiger partial charge is 0.348 e. The Bertz CT molecular complexity index is 858. The van der Waals surface area contributed by atoms with Crippen LogP contribution >= 0.6 is 0 Å². The number of hydrogen-bond acceptors (Lipinski definition) is 3. The minimum absolute atomic E-state index is 0.0437. The molecule has 0 unspecified atom stereocenters. The first kappa shape index (κ1) is 16.7. The van der Waals surface area contributed by atoms with Crippen LogP contribution in [-0.2, 0) is 12.7 Å². The summed E-state index contributed by atoms with van der Waals surface area (Å²) in [6.45, 7) is 0.159. The number of halogens is 3. The molecule has 0 aliphatic rings. The summed E-state index contributed by atoms with van der Waals surface area (Å²) in [4.78, 5) is 20.2. The number of rotatable bonds is 4. The lowest BCUT2D eigenvalue weighted by molar-refractivity contribution is -0.137. The molecule has 0 saturated heterocycles. The predicted molar refractivity (Wildman–Crippen MR) is 84.0 cm³/mol. The molecule has 0 radical (unpaired) electrons. The highest BCUT2D eigenvalue weighted by molar-refractivity contribution is 5.94. The topological polar surface area (TPSA) is 59.8 Å². The molecule has 2 aromatic heterocycles. The fraction of sp³-hybridized carbons (Fsp3) is 0.118. The zero-order valence-electron chi connectivity index (χ0n) is 12.9. The number of alkyl halides is 3. The Morgan fingerprint density at radius 2 is 2.04 bits per heavy atom. The van der Waals surface area contributed by atoms with Crippen LogP contribution in [0.2, 0.25) is 0 Å². The molecular weight excluding hydrogens is 333 g/mol. The Labute approximate surface area is 141 Å². The maximum atomic E-state index is 12.7. The van der Waals surface area contributed by atoms with Gasteiger partial charge < -0.3 is 5.32 Å². The second-order valence-corrected chi connectivity index (χ2v) is 5.26. The minimum Gasteiger partial charge on any atom is -0.348 e. The van der Waals surface area contributed by atoms with E-state index < -0.39 is 17.6 Å². The highest BCUT2D eigenvalue weighted by Crippen LogP contribution is 2.29. The summed E-state index contributed by atoms with van der Waals surface area (Å²) in [5.74, 6) is 0.0928. The summed E-state index contributed by atoms with van der Waals surface area (Å²) in [6, 6.07) is 7.83. The second kappa shape index (κ2) is 6.76. The van der Waals surface area contributed by atoms with Crippen molar-refractivity contribution < 1.29 is 18.0 Å². The molecule has 0 aliphatic heterocycles. The first-order chi connectivity index (χ1) is 11.9. The molecule has 0 atom stereocenters. The number of pyridine rings is 1. The van der Waals surface area contributed by atoms with Gasteiger partial charge in [0.2, 0.25) is 0 Å². The predicted octanol–water partition coefficient (Wildman–Crippen LogP) is 3.22. The maximum Gasteiger partial charge on any atom is 0.416 e. The first-order valence-corrected chi connectivity index (χ1v) is 7.32. The lowest BCUT2D eigenvalue weighted by Crippen LogP contribution is -2.23. The molecule has 1 amide bonds. The number of nitrogens with zero attached hydrogens (tertiary/aromatic N) is 3. The Hall–Kier alpha value is -3.16. The second-order valence-electron chi connectivity index (χ2n) is 5.26. The molecule has 0 spiro atoms. The first-order valence-electron chi connectivity index (χ1n) is 7.32. The number of aromatic nitrogens is 3. The van der Waals surface area contributed by atoms with Crippen LogP contribution in [0.4, 0.5) is 13.2 Å². The molecule has 128 valence electrons. The third-order valence-corrected chi connectivity index (χ3v) is 3.48. The van der Waals surface area contributed by atoms with E-state index in [1.54, 1.807) is 41.6 Å². The summed E-state index contributed by atoms with van der Waals surface area (Å²) in [5, 5.41) is 2.58. The van der Waals surface area contributed by atoms with E-state index in [1.807, 2.05) is 0 Å². The molecule has 1 aromatic carbocycles. The van der Waals surface area contributed by atoms with Gasteiger partial charge in [-0.05, 0) is 29.8 Å². The van der Waals surface area contributed by atoms with Crippen LogP contribution in [0.5, 0.6) is 0 Å². The number of nitrogens with one attached hydrogen (secondary N) is 1. The van der Waals surface area contributed by atoms with Crippen molar-refractivity contribution in [2.24, 2.45) is 0 Å². The normalized spacial score (nSPS) is 11.3. The maximum absolute atomic E-state index is 12.7. The van der Waals surface area contributed by atoms with Gasteiger partial charge in [-0.15, -0.1) is 0 Å². The molecule has 1 N–H and O–H groups in total. The van der Waals surface area contributed by atoms with Gasteiger partial charge in [0, 0.05) is 30.7 Å². The number of benzene rings is 1. The average Bonchev–Trinajstić information content (AvgIpc) is 3.14. The van der Waals surface area contributed by atoms with Gasteiger partial charge in [-0.2, -0.15) is 13.2 Å².